The molecular weight excluding hydrogens is 322 g/mol. The molecule has 7 nitrogen and oxygen atoms in total. The Bertz CT molecular complexity index is 656. The molecule has 4 bridgehead atoms. The molecule has 25 heavy (non-hydrogen) atoms. The zero-order chi connectivity index (χ0) is 17.8. The smallest absolute Gasteiger partial charge is 0.346 e. The van der Waals surface area contributed by atoms with Crippen LogP contribution in [0.3, 0.4) is 0 Å². The first-order chi connectivity index (χ1) is 11.8. The lowest BCUT2D eigenvalue weighted by molar-refractivity contribution is -0.134. The summed E-state index contributed by atoms with van der Waals surface area (Å²) in [6, 6.07) is 0. The second-order valence-electron chi connectivity index (χ2n) is 8.24. The first-order valence-corrected chi connectivity index (χ1v) is 9.10. The van der Waals surface area contributed by atoms with Crippen LogP contribution in [-0.2, 0) is 9.53 Å². The van der Waals surface area contributed by atoms with Crippen molar-refractivity contribution in [1.82, 2.24) is 10.5 Å². The fourth-order valence-electron chi connectivity index (χ4n) is 5.54. The number of aromatic nitrogens is 1. The fourth-order valence-corrected chi connectivity index (χ4v) is 5.54. The number of carbonyl (C=O) groups excluding carboxylic acids is 2. The van der Waals surface area contributed by atoms with Crippen LogP contribution in [0.25, 0.3) is 0 Å². The van der Waals surface area contributed by atoms with Crippen molar-refractivity contribution in [2.45, 2.75) is 64.0 Å². The van der Waals surface area contributed by atoms with E-state index in [1.54, 1.807) is 13.8 Å². The van der Waals surface area contributed by atoms with Crippen molar-refractivity contribution < 1.29 is 18.8 Å². The molecular formula is C18H25N3O4. The number of hydrogen-bond donors (Lipinski definition) is 2. The van der Waals surface area contributed by atoms with Gasteiger partial charge in [0.2, 0.25) is 5.88 Å². The lowest BCUT2D eigenvalue weighted by atomic mass is 9.53. The fraction of sp³-hybridized carbons (Fsp3) is 0.722. The predicted molar refractivity (Wildman–Crippen MR) is 89.6 cm³/mol. The topological polar surface area (TPSA) is 107 Å². The molecule has 4 fully saturated rings. The molecule has 1 amide bonds. The summed E-state index contributed by atoms with van der Waals surface area (Å²) in [6.45, 7) is 3.20. The van der Waals surface area contributed by atoms with E-state index in [0.717, 1.165) is 37.0 Å². The van der Waals surface area contributed by atoms with Gasteiger partial charge in [-0.15, -0.1) is 0 Å². The number of esters is 1. The minimum Gasteiger partial charge on any atom is -0.449 e. The van der Waals surface area contributed by atoms with Crippen LogP contribution in [-0.4, -0.2) is 28.7 Å². The Balaban J connectivity index is 1.40. The number of amides is 1. The molecule has 4 aliphatic rings. The molecule has 1 unspecified atom stereocenters. The third-order valence-corrected chi connectivity index (χ3v) is 6.17. The monoisotopic (exact) mass is 347 g/mol. The van der Waals surface area contributed by atoms with Crippen LogP contribution in [0, 0.1) is 24.7 Å². The maximum atomic E-state index is 12.6. The molecule has 0 aliphatic heterocycles. The largest absolute Gasteiger partial charge is 0.449 e. The lowest BCUT2D eigenvalue weighted by Crippen LogP contribution is -2.61. The van der Waals surface area contributed by atoms with Gasteiger partial charge in [0.1, 0.15) is 5.56 Å². The van der Waals surface area contributed by atoms with Gasteiger partial charge in [-0.2, -0.15) is 0 Å². The molecule has 0 radical (unpaired) electrons. The van der Waals surface area contributed by atoms with E-state index in [4.69, 9.17) is 15.0 Å². The van der Waals surface area contributed by atoms with Crippen LogP contribution in [0.4, 0.5) is 5.88 Å². The van der Waals surface area contributed by atoms with Crippen LogP contribution in [0.5, 0.6) is 0 Å². The van der Waals surface area contributed by atoms with Crippen molar-refractivity contribution in [1.29, 1.82) is 0 Å². The Labute approximate surface area is 146 Å². The van der Waals surface area contributed by atoms with Gasteiger partial charge in [-0.25, -0.2) is 4.79 Å². The number of rotatable bonds is 4. The number of nitrogens with one attached hydrogen (secondary N) is 1. The quantitative estimate of drug-likeness (QED) is 0.809. The van der Waals surface area contributed by atoms with Gasteiger partial charge < -0.3 is 20.3 Å². The zero-order valence-corrected chi connectivity index (χ0v) is 14.7. The molecule has 4 aliphatic carbocycles. The second-order valence-corrected chi connectivity index (χ2v) is 8.24. The summed E-state index contributed by atoms with van der Waals surface area (Å²) in [6.07, 6.45) is 6.23. The molecule has 1 heterocycles. The second kappa shape index (κ2) is 5.75. The minimum atomic E-state index is -0.880. The molecule has 5 rings (SSSR count). The van der Waals surface area contributed by atoms with Crippen molar-refractivity contribution in [3.8, 4) is 0 Å². The zero-order valence-electron chi connectivity index (χ0n) is 14.7. The maximum absolute atomic E-state index is 12.6. The molecule has 0 spiro atoms. The maximum Gasteiger partial charge on any atom is 0.346 e. The first-order valence-electron chi connectivity index (χ1n) is 9.10. The van der Waals surface area contributed by atoms with E-state index in [0.29, 0.717) is 5.69 Å². The highest BCUT2D eigenvalue weighted by Gasteiger charge is 2.51. The summed E-state index contributed by atoms with van der Waals surface area (Å²) < 4.78 is 10.1. The van der Waals surface area contributed by atoms with Gasteiger partial charge in [-0.1, -0.05) is 5.16 Å². The van der Waals surface area contributed by atoms with Gasteiger partial charge in [0.25, 0.3) is 5.91 Å². The molecule has 0 saturated heterocycles. The van der Waals surface area contributed by atoms with E-state index in [9.17, 15) is 9.59 Å². The number of aryl methyl sites for hydroxylation is 1. The van der Waals surface area contributed by atoms with Crippen LogP contribution in [0.1, 0.15) is 61.5 Å². The summed E-state index contributed by atoms with van der Waals surface area (Å²) in [5.74, 6) is 1.22. The van der Waals surface area contributed by atoms with E-state index < -0.39 is 12.1 Å². The van der Waals surface area contributed by atoms with Crippen LogP contribution in [0.2, 0.25) is 0 Å². The summed E-state index contributed by atoms with van der Waals surface area (Å²) in [5, 5.41) is 6.85. The normalized spacial score (nSPS) is 33.9. The number of hydrogen-bond acceptors (Lipinski definition) is 6. The third-order valence-electron chi connectivity index (χ3n) is 6.17. The molecule has 4 saturated carbocycles. The number of carbonyl (C=O) groups is 2. The summed E-state index contributed by atoms with van der Waals surface area (Å²) in [7, 11) is 0. The molecule has 0 aromatic carbocycles. The standard InChI is InChI=1S/C18H25N3O4/c1-9-14(15(19)25-21-9)17(23)24-10(2)16(22)20-18-6-11-3-12(7-18)5-13(4-11)8-18/h10-13H,3-8,19H2,1-2H3,(H,20,22). The molecule has 1 atom stereocenters. The number of ether oxygens (including phenoxy) is 1. The van der Waals surface area contributed by atoms with Crippen LogP contribution in [0.15, 0.2) is 4.52 Å². The molecule has 3 N–H and O–H groups in total. The Kier molecular flexibility index (Phi) is 3.77. The van der Waals surface area contributed by atoms with E-state index in [1.165, 1.54) is 19.3 Å². The van der Waals surface area contributed by atoms with Gasteiger partial charge >= 0.3 is 5.97 Å². The Morgan fingerprint density at radius 3 is 2.28 bits per heavy atom. The average molecular weight is 347 g/mol. The van der Waals surface area contributed by atoms with E-state index >= 15 is 0 Å². The highest BCUT2D eigenvalue weighted by atomic mass is 16.5. The van der Waals surface area contributed by atoms with E-state index in [2.05, 4.69) is 10.5 Å². The lowest BCUT2D eigenvalue weighted by Gasteiger charge is -2.57. The SMILES string of the molecule is Cc1noc(N)c1C(=O)OC(C)C(=O)NC12CC3CC(CC(C3)C1)C2. The van der Waals surface area contributed by atoms with E-state index in [1.807, 2.05) is 0 Å². The van der Waals surface area contributed by atoms with Crippen molar-refractivity contribution in [2.75, 3.05) is 5.73 Å². The van der Waals surface area contributed by atoms with Crippen LogP contribution < -0.4 is 11.1 Å². The molecule has 136 valence electrons. The Morgan fingerprint density at radius 1 is 1.24 bits per heavy atom. The van der Waals surface area contributed by atoms with E-state index in [-0.39, 0.29) is 22.9 Å². The third kappa shape index (κ3) is 2.89. The predicted octanol–water partition coefficient (Wildman–Crippen LogP) is 2.20. The number of nitrogens with two attached hydrogens (primary N) is 1. The first kappa shape index (κ1) is 16.4. The van der Waals surface area contributed by atoms with Crippen LogP contribution >= 0.6 is 0 Å². The number of anilines is 1. The Hall–Kier alpha value is -2.05. The van der Waals surface area contributed by atoms with Gasteiger partial charge in [-0.3, -0.25) is 4.79 Å². The van der Waals surface area contributed by atoms with Gasteiger partial charge in [0.05, 0.1) is 5.69 Å². The highest BCUT2D eigenvalue weighted by molar-refractivity contribution is 5.96. The summed E-state index contributed by atoms with van der Waals surface area (Å²) >= 11 is 0. The Morgan fingerprint density at radius 2 is 1.80 bits per heavy atom. The van der Waals surface area contributed by atoms with Gasteiger partial charge in [0.15, 0.2) is 6.10 Å². The van der Waals surface area contributed by atoms with Crippen molar-refractivity contribution >= 4 is 17.8 Å². The van der Waals surface area contributed by atoms with Gasteiger partial charge in [-0.05, 0) is 70.1 Å². The van der Waals surface area contributed by atoms with Gasteiger partial charge in [0, 0.05) is 5.54 Å². The summed E-state index contributed by atoms with van der Waals surface area (Å²) in [5.41, 5.74) is 5.95. The van der Waals surface area contributed by atoms with Crippen molar-refractivity contribution in [3.05, 3.63) is 11.3 Å². The molecule has 1 aromatic heterocycles. The number of nitrogen functional groups attached to an aromatic ring is 1. The minimum absolute atomic E-state index is 0.0869. The average Bonchev–Trinajstić information content (AvgIpc) is 2.84. The summed E-state index contributed by atoms with van der Waals surface area (Å²) in [4.78, 5) is 24.9. The molecule has 1 aromatic rings. The highest BCUT2D eigenvalue weighted by Crippen LogP contribution is 2.55. The molecule has 7 heteroatoms. The van der Waals surface area contributed by atoms with Crippen molar-refractivity contribution in [3.63, 3.8) is 0 Å². The number of nitrogens with zero attached hydrogens (tertiary/aromatic N) is 1. The van der Waals surface area contributed by atoms with Crippen molar-refractivity contribution in [2.24, 2.45) is 17.8 Å².